The molecule has 0 unspecified atom stereocenters. The maximum Gasteiger partial charge on any atom is 0.352 e. The molecular formula is C13H13IN2O4S. The molecule has 0 fully saturated rings. The fourth-order valence-corrected chi connectivity index (χ4v) is 4.15. The summed E-state index contributed by atoms with van der Waals surface area (Å²) in [7, 11) is -3.85. The molecule has 2 rings (SSSR count). The number of aromatic carboxylic acids is 1. The van der Waals surface area contributed by atoms with Crippen LogP contribution in [-0.4, -0.2) is 24.5 Å². The minimum absolute atomic E-state index is 0.0289. The van der Waals surface area contributed by atoms with E-state index in [0.29, 0.717) is 11.4 Å². The highest BCUT2D eigenvalue weighted by Crippen LogP contribution is 2.26. The van der Waals surface area contributed by atoms with Crippen molar-refractivity contribution in [3.8, 4) is 0 Å². The van der Waals surface area contributed by atoms with Gasteiger partial charge in [0.05, 0.1) is 0 Å². The molecule has 3 N–H and O–H groups in total. The highest BCUT2D eigenvalue weighted by Gasteiger charge is 2.26. The molecule has 1 aromatic heterocycles. The summed E-state index contributed by atoms with van der Waals surface area (Å²) in [6.45, 7) is 3.00. The van der Waals surface area contributed by atoms with Crippen LogP contribution in [0.5, 0.6) is 0 Å². The molecular weight excluding hydrogens is 407 g/mol. The Labute approximate surface area is 135 Å². The number of anilines is 1. The van der Waals surface area contributed by atoms with Gasteiger partial charge in [0.25, 0.3) is 10.0 Å². The molecule has 8 heteroatoms. The minimum atomic E-state index is -3.85. The average molecular weight is 420 g/mol. The fourth-order valence-electron chi connectivity index (χ4n) is 2.11. The SMILES string of the molecule is Cc1[nH]c(C(=O)O)c(C)c1S(=O)(=O)Nc1cccc(I)c1. The molecule has 0 aliphatic rings. The lowest BCUT2D eigenvalue weighted by Crippen LogP contribution is -2.14. The molecule has 1 heterocycles. The van der Waals surface area contributed by atoms with Crippen LogP contribution in [0.2, 0.25) is 0 Å². The third kappa shape index (κ3) is 3.21. The fraction of sp³-hybridized carbons (Fsp3) is 0.154. The van der Waals surface area contributed by atoms with Crippen LogP contribution >= 0.6 is 22.6 Å². The number of sulfonamides is 1. The van der Waals surface area contributed by atoms with Crippen molar-refractivity contribution in [2.75, 3.05) is 4.72 Å². The molecule has 21 heavy (non-hydrogen) atoms. The standard InChI is InChI=1S/C13H13IN2O4S/c1-7-11(13(17)18)15-8(2)12(7)21(19,20)16-10-5-3-4-9(14)6-10/h3-6,15-16H,1-2H3,(H,17,18). The average Bonchev–Trinajstić information content (AvgIpc) is 2.64. The van der Waals surface area contributed by atoms with Crippen molar-refractivity contribution >= 4 is 44.3 Å². The van der Waals surface area contributed by atoms with E-state index < -0.39 is 16.0 Å². The van der Waals surface area contributed by atoms with Gasteiger partial charge in [0.2, 0.25) is 0 Å². The van der Waals surface area contributed by atoms with Crippen LogP contribution in [-0.2, 0) is 10.0 Å². The lowest BCUT2D eigenvalue weighted by Gasteiger charge is -2.09. The molecule has 0 spiro atoms. The zero-order valence-corrected chi connectivity index (χ0v) is 14.2. The summed E-state index contributed by atoms with van der Waals surface area (Å²) in [4.78, 5) is 13.6. The van der Waals surface area contributed by atoms with Gasteiger partial charge in [0.1, 0.15) is 10.6 Å². The third-order valence-electron chi connectivity index (χ3n) is 2.93. The lowest BCUT2D eigenvalue weighted by molar-refractivity contribution is 0.0690. The number of rotatable bonds is 4. The molecule has 0 saturated heterocycles. The number of nitrogens with one attached hydrogen (secondary N) is 2. The van der Waals surface area contributed by atoms with Crippen molar-refractivity contribution in [1.29, 1.82) is 0 Å². The van der Waals surface area contributed by atoms with E-state index in [0.717, 1.165) is 3.57 Å². The number of carbonyl (C=O) groups is 1. The molecule has 0 aliphatic heterocycles. The van der Waals surface area contributed by atoms with Gasteiger partial charge in [-0.15, -0.1) is 0 Å². The Balaban J connectivity index is 2.48. The second kappa shape index (κ2) is 5.68. The number of H-pyrrole nitrogens is 1. The van der Waals surface area contributed by atoms with Crippen molar-refractivity contribution < 1.29 is 18.3 Å². The molecule has 0 radical (unpaired) electrons. The van der Waals surface area contributed by atoms with Gasteiger partial charge < -0.3 is 10.1 Å². The molecule has 2 aromatic rings. The summed E-state index contributed by atoms with van der Waals surface area (Å²) in [5, 5.41) is 9.05. The van der Waals surface area contributed by atoms with E-state index in [4.69, 9.17) is 5.11 Å². The topological polar surface area (TPSA) is 99.3 Å². The summed E-state index contributed by atoms with van der Waals surface area (Å²) >= 11 is 2.08. The first kappa shape index (κ1) is 15.8. The summed E-state index contributed by atoms with van der Waals surface area (Å²) in [5.41, 5.74) is 0.801. The highest BCUT2D eigenvalue weighted by atomic mass is 127. The van der Waals surface area contributed by atoms with Crippen LogP contribution < -0.4 is 4.72 Å². The first-order chi connectivity index (χ1) is 9.72. The van der Waals surface area contributed by atoms with Gasteiger partial charge in [-0.25, -0.2) is 13.2 Å². The number of benzene rings is 1. The number of aryl methyl sites for hydroxylation is 1. The molecule has 0 bridgehead atoms. The van der Waals surface area contributed by atoms with Gasteiger partial charge >= 0.3 is 5.97 Å². The van der Waals surface area contributed by atoms with Crippen LogP contribution in [0, 0.1) is 17.4 Å². The summed E-state index contributed by atoms with van der Waals surface area (Å²) in [6.07, 6.45) is 0. The van der Waals surface area contributed by atoms with Gasteiger partial charge in [-0.3, -0.25) is 4.72 Å². The van der Waals surface area contributed by atoms with Gasteiger partial charge in [0, 0.05) is 20.5 Å². The summed E-state index contributed by atoms with van der Waals surface area (Å²) in [5.74, 6) is -1.19. The number of carboxylic acids is 1. The second-order valence-corrected chi connectivity index (χ2v) is 7.37. The number of hydrogen-bond acceptors (Lipinski definition) is 3. The monoisotopic (exact) mass is 420 g/mol. The Bertz CT molecular complexity index is 812. The zero-order chi connectivity index (χ0) is 15.8. The Kier molecular flexibility index (Phi) is 4.28. The summed E-state index contributed by atoms with van der Waals surface area (Å²) in [6, 6.07) is 6.90. The van der Waals surface area contributed by atoms with E-state index in [1.54, 1.807) is 18.2 Å². The normalized spacial score (nSPS) is 11.4. The van der Waals surface area contributed by atoms with E-state index in [1.807, 2.05) is 6.07 Å². The van der Waals surface area contributed by atoms with E-state index in [1.165, 1.54) is 13.8 Å². The number of halogens is 1. The Hall–Kier alpha value is -1.55. The first-order valence-electron chi connectivity index (χ1n) is 5.93. The van der Waals surface area contributed by atoms with Crippen molar-refractivity contribution in [1.82, 2.24) is 4.98 Å². The van der Waals surface area contributed by atoms with Crippen LogP contribution in [0.15, 0.2) is 29.2 Å². The molecule has 0 aliphatic carbocycles. The number of hydrogen-bond donors (Lipinski definition) is 3. The quantitative estimate of drug-likeness (QED) is 0.663. The number of aromatic nitrogens is 1. The molecule has 0 saturated carbocycles. The molecule has 6 nitrogen and oxygen atoms in total. The predicted molar refractivity (Wildman–Crippen MR) is 87.2 cm³/mol. The predicted octanol–water partition coefficient (Wildman–Crippen LogP) is 2.74. The summed E-state index contributed by atoms with van der Waals surface area (Å²) < 4.78 is 28.3. The smallest absolute Gasteiger partial charge is 0.352 e. The van der Waals surface area contributed by atoms with Crippen LogP contribution in [0.4, 0.5) is 5.69 Å². The number of carboxylic acid groups (broad SMARTS) is 1. The molecule has 1 aromatic carbocycles. The Morgan fingerprint density at radius 1 is 1.33 bits per heavy atom. The van der Waals surface area contributed by atoms with Crippen LogP contribution in [0.3, 0.4) is 0 Å². The van der Waals surface area contributed by atoms with Gasteiger partial charge in [0.15, 0.2) is 0 Å². The molecule has 112 valence electrons. The van der Waals surface area contributed by atoms with Crippen molar-refractivity contribution in [2.24, 2.45) is 0 Å². The maximum absolute atomic E-state index is 12.5. The van der Waals surface area contributed by atoms with Gasteiger partial charge in [-0.05, 0) is 54.6 Å². The van der Waals surface area contributed by atoms with Gasteiger partial charge in [-0.1, -0.05) is 6.07 Å². The lowest BCUT2D eigenvalue weighted by atomic mass is 10.2. The Morgan fingerprint density at radius 3 is 2.52 bits per heavy atom. The van der Waals surface area contributed by atoms with Crippen LogP contribution in [0.1, 0.15) is 21.7 Å². The maximum atomic E-state index is 12.5. The van der Waals surface area contributed by atoms with Crippen molar-refractivity contribution in [3.05, 3.63) is 44.8 Å². The zero-order valence-electron chi connectivity index (χ0n) is 11.3. The van der Waals surface area contributed by atoms with E-state index >= 15 is 0 Å². The van der Waals surface area contributed by atoms with E-state index in [9.17, 15) is 13.2 Å². The van der Waals surface area contributed by atoms with Crippen LogP contribution in [0.25, 0.3) is 0 Å². The van der Waals surface area contributed by atoms with E-state index in [-0.39, 0.29) is 16.2 Å². The van der Waals surface area contributed by atoms with Crippen molar-refractivity contribution in [3.63, 3.8) is 0 Å². The van der Waals surface area contributed by atoms with E-state index in [2.05, 4.69) is 32.3 Å². The molecule has 0 atom stereocenters. The minimum Gasteiger partial charge on any atom is -0.477 e. The second-order valence-electron chi connectivity index (χ2n) is 4.50. The highest BCUT2D eigenvalue weighted by molar-refractivity contribution is 14.1. The Morgan fingerprint density at radius 2 is 2.00 bits per heavy atom. The first-order valence-corrected chi connectivity index (χ1v) is 8.49. The third-order valence-corrected chi connectivity index (χ3v) is 5.25. The van der Waals surface area contributed by atoms with Gasteiger partial charge in [-0.2, -0.15) is 0 Å². The molecule has 0 amide bonds. The van der Waals surface area contributed by atoms with Crippen molar-refractivity contribution in [2.45, 2.75) is 18.7 Å². The number of aromatic amines is 1. The largest absolute Gasteiger partial charge is 0.477 e.